The quantitative estimate of drug-likeness (QED) is 0.398. The van der Waals surface area contributed by atoms with Crippen molar-refractivity contribution < 1.29 is 9.90 Å². The lowest BCUT2D eigenvalue weighted by molar-refractivity contribution is -0.141. The summed E-state index contributed by atoms with van der Waals surface area (Å²) in [6.45, 7) is 4.40. The van der Waals surface area contributed by atoms with Gasteiger partial charge in [0.05, 0.1) is 5.92 Å². The number of unbranched alkanes of at least 4 members (excludes halogenated alkanes) is 4. The van der Waals surface area contributed by atoms with E-state index in [4.69, 9.17) is 16.7 Å². The van der Waals surface area contributed by atoms with Crippen molar-refractivity contribution in [3.8, 4) is 0 Å². The summed E-state index contributed by atoms with van der Waals surface area (Å²) in [5, 5.41) is 9.08. The summed E-state index contributed by atoms with van der Waals surface area (Å²) < 4.78 is 0. The van der Waals surface area contributed by atoms with E-state index in [2.05, 4.69) is 13.8 Å². The number of alkyl halides is 1. The highest BCUT2D eigenvalue weighted by molar-refractivity contribution is 6.19. The number of rotatable bonds is 12. The van der Waals surface area contributed by atoms with E-state index in [1.54, 1.807) is 0 Å². The lowest BCUT2D eigenvalue weighted by Gasteiger charge is -2.20. The second-order valence-electron chi connectivity index (χ2n) is 5.28. The van der Waals surface area contributed by atoms with Crippen molar-refractivity contribution in [2.45, 2.75) is 71.6 Å². The zero-order valence-electron chi connectivity index (χ0n) is 12.0. The molecular formula is C15H29ClO2. The SMILES string of the molecule is CCCCCC(CCCCC)CC(CCl)C(=O)O. The third-order valence-corrected chi connectivity index (χ3v) is 3.96. The smallest absolute Gasteiger partial charge is 0.307 e. The molecule has 0 aliphatic heterocycles. The second-order valence-corrected chi connectivity index (χ2v) is 5.59. The van der Waals surface area contributed by atoms with Crippen molar-refractivity contribution in [3.05, 3.63) is 0 Å². The van der Waals surface area contributed by atoms with Crippen LogP contribution in [0.15, 0.2) is 0 Å². The predicted octanol–water partition coefficient (Wildman–Crippen LogP) is 5.09. The summed E-state index contributed by atoms with van der Waals surface area (Å²) >= 11 is 5.75. The van der Waals surface area contributed by atoms with E-state index >= 15 is 0 Å². The molecule has 0 spiro atoms. The van der Waals surface area contributed by atoms with Crippen molar-refractivity contribution in [2.75, 3.05) is 5.88 Å². The molecule has 2 nitrogen and oxygen atoms in total. The summed E-state index contributed by atoms with van der Waals surface area (Å²) in [5.41, 5.74) is 0. The third-order valence-electron chi connectivity index (χ3n) is 3.59. The Hall–Kier alpha value is -0.240. The number of hydrogen-bond acceptors (Lipinski definition) is 1. The summed E-state index contributed by atoms with van der Waals surface area (Å²) in [4.78, 5) is 11.0. The van der Waals surface area contributed by atoms with Gasteiger partial charge in [-0.1, -0.05) is 65.2 Å². The van der Waals surface area contributed by atoms with Gasteiger partial charge in [0.25, 0.3) is 0 Å². The molecule has 0 amide bonds. The zero-order valence-corrected chi connectivity index (χ0v) is 12.7. The third kappa shape index (κ3) is 8.79. The molecule has 0 radical (unpaired) electrons. The van der Waals surface area contributed by atoms with Gasteiger partial charge in [-0.3, -0.25) is 4.79 Å². The average molecular weight is 277 g/mol. The van der Waals surface area contributed by atoms with E-state index < -0.39 is 5.97 Å². The Bertz CT molecular complexity index is 197. The summed E-state index contributed by atoms with van der Waals surface area (Å²) in [7, 11) is 0. The second kappa shape index (κ2) is 11.8. The van der Waals surface area contributed by atoms with E-state index in [1.165, 1.54) is 38.5 Å². The molecule has 0 aliphatic carbocycles. The summed E-state index contributed by atoms with van der Waals surface area (Å²) in [5.74, 6) is -0.309. The molecule has 0 heterocycles. The summed E-state index contributed by atoms with van der Waals surface area (Å²) in [6, 6.07) is 0. The van der Waals surface area contributed by atoms with Gasteiger partial charge in [0.1, 0.15) is 0 Å². The first kappa shape index (κ1) is 17.8. The molecule has 0 rings (SSSR count). The first-order valence-corrected chi connectivity index (χ1v) is 7.97. The fourth-order valence-corrected chi connectivity index (χ4v) is 2.64. The fourth-order valence-electron chi connectivity index (χ4n) is 2.38. The molecule has 3 heteroatoms. The van der Waals surface area contributed by atoms with E-state index in [9.17, 15) is 4.79 Å². The van der Waals surface area contributed by atoms with Gasteiger partial charge in [-0.15, -0.1) is 11.6 Å². The minimum Gasteiger partial charge on any atom is -0.481 e. The number of halogens is 1. The molecule has 18 heavy (non-hydrogen) atoms. The summed E-state index contributed by atoms with van der Waals surface area (Å²) in [6.07, 6.45) is 10.5. The van der Waals surface area contributed by atoms with Gasteiger partial charge < -0.3 is 5.11 Å². The van der Waals surface area contributed by atoms with Gasteiger partial charge in [-0.05, 0) is 12.3 Å². The average Bonchev–Trinajstić information content (AvgIpc) is 2.35. The molecule has 0 aromatic rings. The van der Waals surface area contributed by atoms with Gasteiger partial charge in [0, 0.05) is 5.88 Å². The van der Waals surface area contributed by atoms with Crippen LogP contribution in [0.25, 0.3) is 0 Å². The normalized spacial score (nSPS) is 12.9. The Kier molecular flexibility index (Phi) is 11.7. The van der Waals surface area contributed by atoms with Gasteiger partial charge in [0.15, 0.2) is 0 Å². The molecule has 0 bridgehead atoms. The number of carbonyl (C=O) groups is 1. The van der Waals surface area contributed by atoms with Crippen LogP contribution in [-0.4, -0.2) is 17.0 Å². The lowest BCUT2D eigenvalue weighted by Crippen LogP contribution is -2.19. The minimum absolute atomic E-state index is 0.243. The van der Waals surface area contributed by atoms with Crippen molar-refractivity contribution in [1.29, 1.82) is 0 Å². The molecule has 1 unspecified atom stereocenters. The fraction of sp³-hybridized carbons (Fsp3) is 0.933. The van der Waals surface area contributed by atoms with Crippen LogP contribution in [-0.2, 0) is 4.79 Å². The van der Waals surface area contributed by atoms with Crippen LogP contribution in [0, 0.1) is 11.8 Å². The lowest BCUT2D eigenvalue weighted by atomic mass is 9.87. The molecule has 0 saturated carbocycles. The maximum atomic E-state index is 11.0. The van der Waals surface area contributed by atoms with Gasteiger partial charge in [0.2, 0.25) is 0 Å². The Morgan fingerprint density at radius 3 is 1.89 bits per heavy atom. The zero-order chi connectivity index (χ0) is 13.8. The van der Waals surface area contributed by atoms with Gasteiger partial charge >= 0.3 is 5.97 Å². The molecule has 0 saturated heterocycles. The van der Waals surface area contributed by atoms with E-state index in [1.807, 2.05) is 0 Å². The largest absolute Gasteiger partial charge is 0.481 e. The van der Waals surface area contributed by atoms with Crippen molar-refractivity contribution >= 4 is 17.6 Å². The van der Waals surface area contributed by atoms with E-state index in [-0.39, 0.29) is 11.8 Å². The molecule has 0 fully saturated rings. The topological polar surface area (TPSA) is 37.3 Å². The van der Waals surface area contributed by atoms with E-state index in [0.717, 1.165) is 19.3 Å². The maximum Gasteiger partial charge on any atom is 0.307 e. The predicted molar refractivity (Wildman–Crippen MR) is 78.2 cm³/mol. The Morgan fingerprint density at radius 2 is 1.56 bits per heavy atom. The molecule has 1 N–H and O–H groups in total. The molecule has 1 atom stereocenters. The van der Waals surface area contributed by atoms with Crippen molar-refractivity contribution in [1.82, 2.24) is 0 Å². The van der Waals surface area contributed by atoms with Crippen LogP contribution in [0.5, 0.6) is 0 Å². The number of hydrogen-bond donors (Lipinski definition) is 1. The van der Waals surface area contributed by atoms with Gasteiger partial charge in [-0.25, -0.2) is 0 Å². The number of carboxylic acids is 1. The van der Waals surface area contributed by atoms with Crippen LogP contribution < -0.4 is 0 Å². The maximum absolute atomic E-state index is 11.0. The van der Waals surface area contributed by atoms with Crippen LogP contribution in [0.2, 0.25) is 0 Å². The standard InChI is InChI=1S/C15H29ClO2/c1-3-5-7-9-13(10-8-6-4-2)11-14(12-16)15(17)18/h13-14H,3-12H2,1-2H3,(H,17,18). The minimum atomic E-state index is -0.735. The number of aliphatic carboxylic acids is 1. The molecule has 0 aromatic heterocycles. The van der Waals surface area contributed by atoms with Crippen molar-refractivity contribution in [2.24, 2.45) is 11.8 Å². The monoisotopic (exact) mass is 276 g/mol. The highest BCUT2D eigenvalue weighted by atomic mass is 35.5. The molecule has 0 aromatic carbocycles. The van der Waals surface area contributed by atoms with E-state index in [0.29, 0.717) is 5.92 Å². The van der Waals surface area contributed by atoms with Crippen LogP contribution in [0.3, 0.4) is 0 Å². The highest BCUT2D eigenvalue weighted by Gasteiger charge is 2.21. The Balaban J connectivity index is 4.11. The first-order valence-electron chi connectivity index (χ1n) is 7.44. The van der Waals surface area contributed by atoms with Crippen LogP contribution >= 0.6 is 11.6 Å². The molecular weight excluding hydrogens is 248 g/mol. The van der Waals surface area contributed by atoms with Crippen LogP contribution in [0.1, 0.15) is 71.6 Å². The first-order chi connectivity index (χ1) is 8.65. The van der Waals surface area contributed by atoms with Crippen LogP contribution in [0.4, 0.5) is 0 Å². The number of carboxylic acid groups (broad SMARTS) is 1. The Morgan fingerprint density at radius 1 is 1.06 bits per heavy atom. The highest BCUT2D eigenvalue weighted by Crippen LogP contribution is 2.25. The van der Waals surface area contributed by atoms with Crippen molar-refractivity contribution in [3.63, 3.8) is 0 Å². The molecule has 0 aliphatic rings. The molecule has 108 valence electrons. The Labute approximate surface area is 117 Å². The van der Waals surface area contributed by atoms with Gasteiger partial charge in [-0.2, -0.15) is 0 Å².